The Morgan fingerprint density at radius 2 is 2.36 bits per heavy atom. The summed E-state index contributed by atoms with van der Waals surface area (Å²) in [6.45, 7) is 5.35. The molecule has 3 nitrogen and oxygen atoms in total. The molecule has 1 heterocycles. The minimum absolute atomic E-state index is 0.422. The van der Waals surface area contributed by atoms with Crippen LogP contribution < -0.4 is 5.32 Å². The summed E-state index contributed by atoms with van der Waals surface area (Å²) in [5.41, 5.74) is 2.85. The first-order valence-corrected chi connectivity index (χ1v) is 5.50. The van der Waals surface area contributed by atoms with E-state index in [-0.39, 0.29) is 0 Å². The number of hydrogen-bond acceptors (Lipinski definition) is 2. The zero-order valence-corrected chi connectivity index (χ0v) is 9.25. The average molecular weight is 193 g/mol. The highest BCUT2D eigenvalue weighted by molar-refractivity contribution is 5.28. The Kier molecular flexibility index (Phi) is 2.59. The zero-order chi connectivity index (χ0) is 10.1. The van der Waals surface area contributed by atoms with E-state index in [1.54, 1.807) is 0 Å². The Morgan fingerprint density at radius 1 is 1.64 bits per heavy atom. The summed E-state index contributed by atoms with van der Waals surface area (Å²) in [4.78, 5) is 0. The monoisotopic (exact) mass is 193 g/mol. The maximum Gasteiger partial charge on any atom is 0.0540 e. The summed E-state index contributed by atoms with van der Waals surface area (Å²) in [5, 5.41) is 7.73. The van der Waals surface area contributed by atoms with Crippen LogP contribution in [-0.2, 0) is 6.54 Å². The number of hydrogen-bond donors (Lipinski definition) is 1. The lowest BCUT2D eigenvalue weighted by atomic mass is 10.1. The summed E-state index contributed by atoms with van der Waals surface area (Å²) < 4.78 is 2.15. The van der Waals surface area contributed by atoms with E-state index in [0.717, 1.165) is 12.5 Å². The van der Waals surface area contributed by atoms with Crippen molar-refractivity contribution in [3.05, 3.63) is 17.5 Å². The quantitative estimate of drug-likeness (QED) is 0.793. The predicted octanol–water partition coefficient (Wildman–Crippen LogP) is 2.06. The van der Waals surface area contributed by atoms with Crippen molar-refractivity contribution in [2.45, 2.75) is 45.2 Å². The highest BCUT2D eigenvalue weighted by Gasteiger charge is 2.30. The standard InChI is InChI=1S/C11H19N3/c1-4-14-11(9-5-6-9)10(7-13-14)8(2)12-3/h7-9,12H,4-6H2,1-3H3. The molecule has 1 aliphatic carbocycles. The van der Waals surface area contributed by atoms with Gasteiger partial charge >= 0.3 is 0 Å². The molecule has 1 unspecified atom stereocenters. The van der Waals surface area contributed by atoms with E-state index in [4.69, 9.17) is 0 Å². The van der Waals surface area contributed by atoms with Crippen molar-refractivity contribution in [1.29, 1.82) is 0 Å². The van der Waals surface area contributed by atoms with Gasteiger partial charge in [-0.1, -0.05) is 0 Å². The first-order chi connectivity index (χ1) is 6.77. The first-order valence-electron chi connectivity index (χ1n) is 5.50. The van der Waals surface area contributed by atoms with Crippen molar-refractivity contribution in [2.75, 3.05) is 7.05 Å². The van der Waals surface area contributed by atoms with E-state index in [2.05, 4.69) is 28.9 Å². The smallest absolute Gasteiger partial charge is 0.0540 e. The van der Waals surface area contributed by atoms with Gasteiger partial charge in [0.2, 0.25) is 0 Å². The molecule has 1 N–H and O–H groups in total. The van der Waals surface area contributed by atoms with Gasteiger partial charge in [-0.25, -0.2) is 0 Å². The van der Waals surface area contributed by atoms with Gasteiger partial charge in [-0.3, -0.25) is 4.68 Å². The molecule has 1 fully saturated rings. The molecule has 0 amide bonds. The third-order valence-corrected chi connectivity index (χ3v) is 3.07. The van der Waals surface area contributed by atoms with Crippen LogP contribution in [-0.4, -0.2) is 16.8 Å². The van der Waals surface area contributed by atoms with E-state index in [0.29, 0.717) is 6.04 Å². The van der Waals surface area contributed by atoms with Crippen LogP contribution in [0.3, 0.4) is 0 Å². The molecular formula is C11H19N3. The molecule has 1 aromatic heterocycles. The summed E-state index contributed by atoms with van der Waals surface area (Å²) in [5.74, 6) is 0.781. The molecule has 2 rings (SSSR count). The van der Waals surface area contributed by atoms with Crippen LogP contribution in [0, 0.1) is 0 Å². The van der Waals surface area contributed by atoms with Crippen LogP contribution in [0.25, 0.3) is 0 Å². The summed E-state index contributed by atoms with van der Waals surface area (Å²) >= 11 is 0. The zero-order valence-electron chi connectivity index (χ0n) is 9.25. The highest BCUT2D eigenvalue weighted by atomic mass is 15.3. The number of aromatic nitrogens is 2. The molecular weight excluding hydrogens is 174 g/mol. The van der Waals surface area contributed by atoms with Crippen LogP contribution in [0.5, 0.6) is 0 Å². The molecule has 1 saturated carbocycles. The van der Waals surface area contributed by atoms with E-state index in [1.807, 2.05) is 13.2 Å². The van der Waals surface area contributed by atoms with Crippen molar-refractivity contribution in [1.82, 2.24) is 15.1 Å². The van der Waals surface area contributed by atoms with Crippen LogP contribution in [0.15, 0.2) is 6.20 Å². The van der Waals surface area contributed by atoms with Crippen LogP contribution in [0.4, 0.5) is 0 Å². The van der Waals surface area contributed by atoms with Gasteiger partial charge in [0.15, 0.2) is 0 Å². The lowest BCUT2D eigenvalue weighted by Crippen LogP contribution is -2.14. The highest BCUT2D eigenvalue weighted by Crippen LogP contribution is 2.42. The number of aryl methyl sites for hydroxylation is 1. The second-order valence-electron chi connectivity index (χ2n) is 4.09. The largest absolute Gasteiger partial charge is 0.313 e. The third kappa shape index (κ3) is 1.57. The van der Waals surface area contributed by atoms with Gasteiger partial charge in [0.05, 0.1) is 6.20 Å². The van der Waals surface area contributed by atoms with Gasteiger partial charge in [-0.15, -0.1) is 0 Å². The van der Waals surface area contributed by atoms with Crippen molar-refractivity contribution in [3.8, 4) is 0 Å². The molecule has 3 heteroatoms. The molecule has 0 saturated heterocycles. The summed E-state index contributed by atoms with van der Waals surface area (Å²) in [7, 11) is 2.00. The molecule has 0 radical (unpaired) electrons. The molecule has 0 aromatic carbocycles. The molecule has 14 heavy (non-hydrogen) atoms. The van der Waals surface area contributed by atoms with E-state index >= 15 is 0 Å². The van der Waals surface area contributed by atoms with Gasteiger partial charge in [-0.05, 0) is 33.7 Å². The second-order valence-corrected chi connectivity index (χ2v) is 4.09. The minimum atomic E-state index is 0.422. The predicted molar refractivity (Wildman–Crippen MR) is 57.4 cm³/mol. The third-order valence-electron chi connectivity index (χ3n) is 3.07. The Labute approximate surface area is 85.5 Å². The Balaban J connectivity index is 2.33. The molecule has 0 aliphatic heterocycles. The first kappa shape index (κ1) is 9.71. The SMILES string of the molecule is CCn1ncc(C(C)NC)c1C1CC1. The van der Waals surface area contributed by atoms with Gasteiger partial charge < -0.3 is 5.32 Å². The lowest BCUT2D eigenvalue weighted by Gasteiger charge is -2.12. The van der Waals surface area contributed by atoms with Gasteiger partial charge in [0.1, 0.15) is 0 Å². The number of nitrogens with zero attached hydrogens (tertiary/aromatic N) is 2. The molecule has 0 bridgehead atoms. The van der Waals surface area contributed by atoms with E-state index in [9.17, 15) is 0 Å². The fraction of sp³-hybridized carbons (Fsp3) is 0.727. The molecule has 1 aliphatic rings. The number of rotatable bonds is 4. The van der Waals surface area contributed by atoms with Crippen LogP contribution in [0.1, 0.15) is 49.9 Å². The average Bonchev–Trinajstić information content (AvgIpc) is 2.96. The topological polar surface area (TPSA) is 29.9 Å². The number of nitrogens with one attached hydrogen (secondary N) is 1. The van der Waals surface area contributed by atoms with Crippen molar-refractivity contribution < 1.29 is 0 Å². The summed E-state index contributed by atoms with van der Waals surface area (Å²) in [6, 6.07) is 0.422. The Hall–Kier alpha value is -0.830. The van der Waals surface area contributed by atoms with E-state index < -0.39 is 0 Å². The Morgan fingerprint density at radius 3 is 2.86 bits per heavy atom. The van der Waals surface area contributed by atoms with Crippen molar-refractivity contribution in [2.24, 2.45) is 0 Å². The lowest BCUT2D eigenvalue weighted by molar-refractivity contribution is 0.604. The molecule has 78 valence electrons. The normalized spacial score (nSPS) is 18.5. The van der Waals surface area contributed by atoms with E-state index in [1.165, 1.54) is 24.1 Å². The summed E-state index contributed by atoms with van der Waals surface area (Å²) in [6.07, 6.45) is 4.71. The van der Waals surface area contributed by atoms with Gasteiger partial charge in [-0.2, -0.15) is 5.10 Å². The van der Waals surface area contributed by atoms with Crippen molar-refractivity contribution in [3.63, 3.8) is 0 Å². The second kappa shape index (κ2) is 3.73. The van der Waals surface area contributed by atoms with Crippen molar-refractivity contribution >= 4 is 0 Å². The maximum atomic E-state index is 4.44. The fourth-order valence-corrected chi connectivity index (χ4v) is 1.95. The molecule has 1 aromatic rings. The fourth-order valence-electron chi connectivity index (χ4n) is 1.95. The maximum absolute atomic E-state index is 4.44. The molecule has 0 spiro atoms. The minimum Gasteiger partial charge on any atom is -0.313 e. The van der Waals surface area contributed by atoms with Crippen LogP contribution in [0.2, 0.25) is 0 Å². The Bertz CT molecular complexity index is 312. The molecule has 1 atom stereocenters. The van der Waals surface area contributed by atoms with Gasteiger partial charge in [0.25, 0.3) is 0 Å². The van der Waals surface area contributed by atoms with Gasteiger partial charge in [0, 0.05) is 29.8 Å². The van der Waals surface area contributed by atoms with Crippen LogP contribution >= 0.6 is 0 Å².